The van der Waals surface area contributed by atoms with Crippen molar-refractivity contribution in [3.05, 3.63) is 57.6 Å². The first-order valence-electron chi connectivity index (χ1n) is 11.0. The number of benzene rings is 2. The monoisotopic (exact) mass is 491 g/mol. The fourth-order valence-electron chi connectivity index (χ4n) is 4.07. The molecule has 11 heteroatoms. The van der Waals surface area contributed by atoms with Crippen molar-refractivity contribution >= 4 is 21.6 Å². The van der Waals surface area contributed by atoms with Crippen LogP contribution in [0.25, 0.3) is 0 Å². The van der Waals surface area contributed by atoms with E-state index in [9.17, 15) is 23.3 Å². The number of carbonyl (C=O) groups excluding carboxylic acids is 1. The number of aryl methyl sites for hydroxylation is 1. The zero-order chi connectivity index (χ0) is 24.9. The summed E-state index contributed by atoms with van der Waals surface area (Å²) in [5, 5.41) is 14.2. The van der Waals surface area contributed by atoms with Crippen molar-refractivity contribution in [2.24, 2.45) is 0 Å². The number of piperidine rings is 1. The minimum atomic E-state index is -3.66. The van der Waals surface area contributed by atoms with Gasteiger partial charge in [0.05, 0.1) is 30.1 Å². The molecule has 2 aromatic carbocycles. The Morgan fingerprint density at radius 1 is 1.15 bits per heavy atom. The highest BCUT2D eigenvalue weighted by atomic mass is 32.2. The van der Waals surface area contributed by atoms with Gasteiger partial charge in [-0.1, -0.05) is 24.1 Å². The Morgan fingerprint density at radius 3 is 2.41 bits per heavy atom. The van der Waals surface area contributed by atoms with Crippen molar-refractivity contribution in [3.63, 3.8) is 0 Å². The van der Waals surface area contributed by atoms with Gasteiger partial charge in [-0.2, -0.15) is 4.31 Å². The van der Waals surface area contributed by atoms with Crippen LogP contribution in [0.15, 0.2) is 41.3 Å². The number of amides is 1. The highest BCUT2D eigenvalue weighted by Crippen LogP contribution is 2.34. The molecule has 1 aliphatic heterocycles. The van der Waals surface area contributed by atoms with Crippen LogP contribution in [0.1, 0.15) is 41.6 Å². The molecule has 1 heterocycles. The van der Waals surface area contributed by atoms with Gasteiger partial charge in [-0.05, 0) is 38.3 Å². The molecule has 0 radical (unpaired) electrons. The van der Waals surface area contributed by atoms with Crippen molar-refractivity contribution < 1.29 is 27.6 Å². The molecular weight excluding hydrogens is 462 g/mol. The molecule has 1 N–H and O–H groups in total. The number of hydrogen-bond donors (Lipinski definition) is 1. The quantitative estimate of drug-likeness (QED) is 0.421. The van der Waals surface area contributed by atoms with Crippen LogP contribution in [0.5, 0.6) is 11.5 Å². The second-order valence-corrected chi connectivity index (χ2v) is 9.99. The van der Waals surface area contributed by atoms with Gasteiger partial charge in [-0.15, -0.1) is 0 Å². The zero-order valence-corrected chi connectivity index (χ0v) is 20.3. The number of nitro benzene ring substituents is 1. The van der Waals surface area contributed by atoms with E-state index in [0.717, 1.165) is 24.5 Å². The van der Waals surface area contributed by atoms with E-state index in [-0.39, 0.29) is 34.5 Å². The number of carbonyl (C=O) groups is 1. The third kappa shape index (κ3) is 5.48. The number of sulfonamides is 1. The molecule has 0 saturated carbocycles. The van der Waals surface area contributed by atoms with Gasteiger partial charge in [0.1, 0.15) is 5.56 Å². The van der Waals surface area contributed by atoms with Crippen LogP contribution in [0.3, 0.4) is 0 Å². The average Bonchev–Trinajstić information content (AvgIpc) is 2.83. The third-order valence-electron chi connectivity index (χ3n) is 5.91. The van der Waals surface area contributed by atoms with Crippen LogP contribution in [0, 0.1) is 17.0 Å². The summed E-state index contributed by atoms with van der Waals surface area (Å²) in [6.45, 7) is 2.47. The summed E-state index contributed by atoms with van der Waals surface area (Å²) < 4.78 is 38.2. The van der Waals surface area contributed by atoms with E-state index in [1.165, 1.54) is 24.6 Å². The summed E-state index contributed by atoms with van der Waals surface area (Å²) >= 11 is 0. The fourth-order valence-corrected chi connectivity index (χ4v) is 5.80. The first-order valence-corrected chi connectivity index (χ1v) is 12.4. The van der Waals surface area contributed by atoms with Gasteiger partial charge in [0.2, 0.25) is 10.0 Å². The molecule has 1 saturated heterocycles. The molecule has 1 atom stereocenters. The van der Waals surface area contributed by atoms with Crippen molar-refractivity contribution in [1.29, 1.82) is 0 Å². The molecule has 1 unspecified atom stereocenters. The summed E-state index contributed by atoms with van der Waals surface area (Å²) in [5.74, 6) is -0.304. The Morgan fingerprint density at radius 2 is 1.79 bits per heavy atom. The highest BCUT2D eigenvalue weighted by molar-refractivity contribution is 7.89. The normalized spacial score (nSPS) is 16.6. The largest absolute Gasteiger partial charge is 0.493 e. The van der Waals surface area contributed by atoms with E-state index in [2.05, 4.69) is 5.32 Å². The zero-order valence-electron chi connectivity index (χ0n) is 19.4. The van der Waals surface area contributed by atoms with Gasteiger partial charge in [0.15, 0.2) is 11.5 Å². The number of rotatable bonds is 9. The Balaban J connectivity index is 1.73. The molecule has 34 heavy (non-hydrogen) atoms. The summed E-state index contributed by atoms with van der Waals surface area (Å²) in [7, 11) is -0.943. The molecule has 1 aliphatic rings. The van der Waals surface area contributed by atoms with Crippen LogP contribution in [-0.2, 0) is 10.0 Å². The molecule has 2 aromatic rings. The van der Waals surface area contributed by atoms with Gasteiger partial charge >= 0.3 is 0 Å². The summed E-state index contributed by atoms with van der Waals surface area (Å²) in [6.07, 6.45) is 2.72. The molecule has 0 aromatic heterocycles. The van der Waals surface area contributed by atoms with E-state index in [1.54, 1.807) is 24.3 Å². The maximum Gasteiger partial charge on any atom is 0.286 e. The van der Waals surface area contributed by atoms with Gasteiger partial charge in [0, 0.05) is 25.2 Å². The molecule has 1 fully saturated rings. The Bertz CT molecular complexity index is 1150. The predicted molar refractivity (Wildman–Crippen MR) is 126 cm³/mol. The summed E-state index contributed by atoms with van der Waals surface area (Å²) in [4.78, 5) is 23.8. The maximum atomic E-state index is 13.2. The number of nitro groups is 1. The number of ether oxygens (including phenoxy) is 2. The number of hydrogen-bond acceptors (Lipinski definition) is 7. The molecule has 0 spiro atoms. The van der Waals surface area contributed by atoms with Crippen LogP contribution in [0.4, 0.5) is 5.69 Å². The SMILES string of the molecule is COc1cc(C(=O)NCCC2CCCCN2S(=O)(=O)c2ccc(C)cc2)c([N+](=O)[O-])cc1OC. The van der Waals surface area contributed by atoms with Crippen LogP contribution < -0.4 is 14.8 Å². The Hall–Kier alpha value is -3.18. The maximum absolute atomic E-state index is 13.2. The Kier molecular flexibility index (Phi) is 8.11. The van der Waals surface area contributed by atoms with Gasteiger partial charge in [-0.3, -0.25) is 14.9 Å². The molecule has 1 amide bonds. The minimum Gasteiger partial charge on any atom is -0.493 e. The van der Waals surface area contributed by atoms with Crippen molar-refractivity contribution in [2.45, 2.75) is 43.5 Å². The van der Waals surface area contributed by atoms with Gasteiger partial charge in [-0.25, -0.2) is 8.42 Å². The first kappa shape index (κ1) is 25.4. The second-order valence-electron chi connectivity index (χ2n) is 8.10. The third-order valence-corrected chi connectivity index (χ3v) is 7.87. The van der Waals surface area contributed by atoms with E-state index in [0.29, 0.717) is 19.4 Å². The van der Waals surface area contributed by atoms with Crippen molar-refractivity contribution in [2.75, 3.05) is 27.3 Å². The predicted octanol–water partition coefficient (Wildman–Crippen LogP) is 3.28. The molecule has 0 bridgehead atoms. The van der Waals surface area contributed by atoms with Crippen LogP contribution in [0.2, 0.25) is 0 Å². The highest BCUT2D eigenvalue weighted by Gasteiger charge is 2.33. The molecule has 0 aliphatic carbocycles. The molecule has 10 nitrogen and oxygen atoms in total. The van der Waals surface area contributed by atoms with Gasteiger partial charge < -0.3 is 14.8 Å². The van der Waals surface area contributed by atoms with Crippen molar-refractivity contribution in [3.8, 4) is 11.5 Å². The number of nitrogens with zero attached hydrogens (tertiary/aromatic N) is 2. The molecular formula is C23H29N3O7S. The average molecular weight is 492 g/mol. The summed E-state index contributed by atoms with van der Waals surface area (Å²) in [6, 6.07) is 8.87. The van der Waals surface area contributed by atoms with Crippen LogP contribution in [-0.4, -0.2) is 56.9 Å². The Labute approximate surface area is 199 Å². The second kappa shape index (κ2) is 10.8. The minimum absolute atomic E-state index is 0.143. The number of methoxy groups -OCH3 is 2. The summed E-state index contributed by atoms with van der Waals surface area (Å²) in [5.41, 5.74) is 0.410. The fraction of sp³-hybridized carbons (Fsp3) is 0.435. The van der Waals surface area contributed by atoms with Crippen molar-refractivity contribution in [1.82, 2.24) is 9.62 Å². The lowest BCUT2D eigenvalue weighted by molar-refractivity contribution is -0.385. The first-order chi connectivity index (χ1) is 16.2. The van der Waals surface area contributed by atoms with E-state index >= 15 is 0 Å². The topological polar surface area (TPSA) is 128 Å². The van der Waals surface area contributed by atoms with E-state index < -0.39 is 26.5 Å². The smallest absolute Gasteiger partial charge is 0.286 e. The van der Waals surface area contributed by atoms with E-state index in [1.807, 2.05) is 6.92 Å². The lowest BCUT2D eigenvalue weighted by Gasteiger charge is -2.34. The number of nitrogens with one attached hydrogen (secondary N) is 1. The van der Waals surface area contributed by atoms with Crippen LogP contribution >= 0.6 is 0 Å². The lowest BCUT2D eigenvalue weighted by Crippen LogP contribution is -2.45. The standard InChI is InChI=1S/C23H29N3O7S/c1-16-7-9-18(10-8-16)34(30,31)25-13-5-4-6-17(25)11-12-24-23(27)19-14-21(32-2)22(33-3)15-20(19)26(28)29/h7-10,14-15,17H,4-6,11-13H2,1-3H3,(H,24,27). The van der Waals surface area contributed by atoms with Gasteiger partial charge in [0.25, 0.3) is 11.6 Å². The molecule has 3 rings (SSSR count). The molecule has 184 valence electrons. The van der Waals surface area contributed by atoms with E-state index in [4.69, 9.17) is 9.47 Å². The lowest BCUT2D eigenvalue weighted by atomic mass is 10.0.